The lowest BCUT2D eigenvalue weighted by molar-refractivity contribution is 0.341. The maximum absolute atomic E-state index is 13.2. The van der Waals surface area contributed by atoms with Gasteiger partial charge in [0.05, 0.1) is 12.2 Å². The Labute approximate surface area is 192 Å². The first kappa shape index (κ1) is 21.2. The first-order chi connectivity index (χ1) is 16.0. The minimum absolute atomic E-state index is 0.240. The van der Waals surface area contributed by atoms with Crippen LogP contribution in [0.25, 0.3) is 28.2 Å². The topological polar surface area (TPSA) is 102 Å². The van der Waals surface area contributed by atoms with Gasteiger partial charge in [-0.05, 0) is 38.8 Å². The molecule has 1 saturated heterocycles. The van der Waals surface area contributed by atoms with Gasteiger partial charge in [-0.2, -0.15) is 0 Å². The van der Waals surface area contributed by atoms with Gasteiger partial charge in [0.15, 0.2) is 11.3 Å². The predicted molar refractivity (Wildman–Crippen MR) is 130 cm³/mol. The summed E-state index contributed by atoms with van der Waals surface area (Å²) in [5, 5.41) is 4.74. The van der Waals surface area contributed by atoms with Crippen molar-refractivity contribution in [3.8, 4) is 28.4 Å². The van der Waals surface area contributed by atoms with Gasteiger partial charge in [0.2, 0.25) is 0 Å². The SMILES string of the molecule is CCOc1cc(N2CCC(N)CC2)ccc1-c1nn2c(C)nc(-c3ccccc3)c2c(=O)[nH]1. The fraction of sp³-hybridized carbons (Fsp3) is 0.320. The van der Waals surface area contributed by atoms with E-state index in [0.29, 0.717) is 35.2 Å². The van der Waals surface area contributed by atoms with Crippen molar-refractivity contribution >= 4 is 11.2 Å². The summed E-state index contributed by atoms with van der Waals surface area (Å²) >= 11 is 0. The summed E-state index contributed by atoms with van der Waals surface area (Å²) < 4.78 is 7.58. The lowest BCUT2D eigenvalue weighted by atomic mass is 10.0. The number of rotatable bonds is 5. The highest BCUT2D eigenvalue weighted by molar-refractivity contribution is 5.77. The number of ether oxygens (including phenoxy) is 1. The summed E-state index contributed by atoms with van der Waals surface area (Å²) in [4.78, 5) is 23.1. The number of hydrogen-bond donors (Lipinski definition) is 2. The molecule has 0 amide bonds. The van der Waals surface area contributed by atoms with Gasteiger partial charge < -0.3 is 20.4 Å². The van der Waals surface area contributed by atoms with E-state index in [4.69, 9.17) is 15.6 Å². The molecule has 2 aromatic heterocycles. The fourth-order valence-electron chi connectivity index (χ4n) is 4.40. The molecule has 0 saturated carbocycles. The van der Waals surface area contributed by atoms with Crippen LogP contribution in [0.2, 0.25) is 0 Å². The van der Waals surface area contributed by atoms with E-state index in [2.05, 4.69) is 20.9 Å². The Balaban J connectivity index is 1.59. The standard InChI is InChI=1S/C25H28N6O2/c1-3-33-21-15-19(30-13-11-18(26)12-14-30)9-10-20(21)24-28-25(32)23-22(17-7-5-4-6-8-17)27-16(2)31(23)29-24/h4-10,15,18H,3,11-14,26H2,1-2H3,(H,28,29,32). The van der Waals surface area contributed by atoms with Crippen molar-refractivity contribution in [1.82, 2.24) is 19.6 Å². The molecule has 0 atom stereocenters. The second-order valence-electron chi connectivity index (χ2n) is 8.37. The zero-order chi connectivity index (χ0) is 22.9. The molecule has 0 spiro atoms. The van der Waals surface area contributed by atoms with Gasteiger partial charge in [-0.3, -0.25) is 4.79 Å². The quantitative estimate of drug-likeness (QED) is 0.489. The van der Waals surface area contributed by atoms with Gasteiger partial charge in [-0.25, -0.2) is 9.50 Å². The van der Waals surface area contributed by atoms with Gasteiger partial charge in [-0.15, -0.1) is 5.10 Å². The van der Waals surface area contributed by atoms with Crippen molar-refractivity contribution in [3.63, 3.8) is 0 Å². The van der Waals surface area contributed by atoms with Gasteiger partial charge >= 0.3 is 0 Å². The largest absolute Gasteiger partial charge is 0.493 e. The van der Waals surface area contributed by atoms with Gasteiger partial charge in [-0.1, -0.05) is 30.3 Å². The molecule has 0 bridgehead atoms. The number of aryl methyl sites for hydroxylation is 1. The number of fused-ring (bicyclic) bond motifs is 1. The molecule has 1 aliphatic rings. The Morgan fingerprint density at radius 3 is 2.64 bits per heavy atom. The molecule has 3 N–H and O–H groups in total. The molecule has 0 unspecified atom stereocenters. The van der Waals surface area contributed by atoms with E-state index >= 15 is 0 Å². The molecule has 170 valence electrons. The number of benzene rings is 2. The normalized spacial score (nSPS) is 14.7. The zero-order valence-electron chi connectivity index (χ0n) is 18.9. The van der Waals surface area contributed by atoms with E-state index < -0.39 is 0 Å². The molecule has 8 heteroatoms. The highest BCUT2D eigenvalue weighted by Gasteiger charge is 2.21. The monoisotopic (exact) mass is 444 g/mol. The van der Waals surface area contributed by atoms with Crippen molar-refractivity contribution in [2.45, 2.75) is 32.7 Å². The Hall–Kier alpha value is -3.65. The smallest absolute Gasteiger partial charge is 0.277 e. The van der Waals surface area contributed by atoms with E-state index in [9.17, 15) is 4.79 Å². The molecule has 5 rings (SSSR count). The molecule has 0 aliphatic carbocycles. The molecular formula is C25H28N6O2. The van der Waals surface area contributed by atoms with Crippen LogP contribution in [0.4, 0.5) is 5.69 Å². The van der Waals surface area contributed by atoms with Crippen molar-refractivity contribution in [2.24, 2.45) is 5.73 Å². The Morgan fingerprint density at radius 1 is 1.15 bits per heavy atom. The van der Waals surface area contributed by atoms with E-state index in [0.717, 1.165) is 42.7 Å². The summed E-state index contributed by atoms with van der Waals surface area (Å²) in [6.45, 7) is 6.15. The minimum Gasteiger partial charge on any atom is -0.493 e. The average molecular weight is 445 g/mol. The van der Waals surface area contributed by atoms with E-state index in [1.165, 1.54) is 0 Å². The van der Waals surface area contributed by atoms with Gasteiger partial charge in [0, 0.05) is 36.4 Å². The van der Waals surface area contributed by atoms with Crippen molar-refractivity contribution in [1.29, 1.82) is 0 Å². The molecule has 2 aromatic carbocycles. The number of aromatic amines is 1. The van der Waals surface area contributed by atoms with Crippen molar-refractivity contribution in [2.75, 3.05) is 24.6 Å². The second kappa shape index (κ2) is 8.71. The van der Waals surface area contributed by atoms with Crippen molar-refractivity contribution in [3.05, 3.63) is 64.7 Å². The highest BCUT2D eigenvalue weighted by atomic mass is 16.5. The third kappa shape index (κ3) is 3.98. The molecule has 3 heterocycles. The summed E-state index contributed by atoms with van der Waals surface area (Å²) in [5.41, 5.74) is 9.58. The third-order valence-corrected chi connectivity index (χ3v) is 6.14. The minimum atomic E-state index is -0.240. The fourth-order valence-corrected chi connectivity index (χ4v) is 4.40. The number of nitrogens with one attached hydrogen (secondary N) is 1. The van der Waals surface area contributed by atoms with E-state index in [1.807, 2.05) is 56.3 Å². The highest BCUT2D eigenvalue weighted by Crippen LogP contribution is 2.33. The number of hydrogen-bond acceptors (Lipinski definition) is 6. The number of nitrogens with zero attached hydrogens (tertiary/aromatic N) is 4. The number of nitrogens with two attached hydrogens (primary N) is 1. The van der Waals surface area contributed by atoms with Crippen molar-refractivity contribution < 1.29 is 4.74 Å². The lowest BCUT2D eigenvalue weighted by Gasteiger charge is -2.32. The van der Waals surface area contributed by atoms with Crippen LogP contribution >= 0.6 is 0 Å². The van der Waals surface area contributed by atoms with Gasteiger partial charge in [0.25, 0.3) is 5.56 Å². The average Bonchev–Trinajstić information content (AvgIpc) is 3.17. The van der Waals surface area contributed by atoms with Gasteiger partial charge in [0.1, 0.15) is 17.3 Å². The molecule has 1 fully saturated rings. The van der Waals surface area contributed by atoms with Crippen LogP contribution in [0, 0.1) is 6.92 Å². The number of imidazole rings is 1. The van der Waals surface area contributed by atoms with E-state index in [1.54, 1.807) is 4.52 Å². The zero-order valence-corrected chi connectivity index (χ0v) is 18.9. The van der Waals surface area contributed by atoms with Crippen LogP contribution in [-0.4, -0.2) is 45.3 Å². The molecule has 0 radical (unpaired) electrons. The molecule has 8 nitrogen and oxygen atoms in total. The molecule has 33 heavy (non-hydrogen) atoms. The number of anilines is 1. The summed E-state index contributed by atoms with van der Waals surface area (Å²) in [6.07, 6.45) is 1.95. The number of H-pyrrole nitrogens is 1. The summed E-state index contributed by atoms with van der Waals surface area (Å²) in [6, 6.07) is 16.0. The Bertz CT molecular complexity index is 1340. The lowest BCUT2D eigenvalue weighted by Crippen LogP contribution is -2.39. The summed E-state index contributed by atoms with van der Waals surface area (Å²) in [7, 11) is 0. The molecule has 1 aliphatic heterocycles. The van der Waals surface area contributed by atoms with E-state index in [-0.39, 0.29) is 11.6 Å². The molecular weight excluding hydrogens is 416 g/mol. The number of aromatic nitrogens is 4. The Kier molecular flexibility index (Phi) is 5.60. The predicted octanol–water partition coefficient (Wildman–Crippen LogP) is 3.39. The maximum atomic E-state index is 13.2. The van der Waals surface area contributed by atoms with Crippen LogP contribution in [0.1, 0.15) is 25.6 Å². The second-order valence-corrected chi connectivity index (χ2v) is 8.37. The first-order valence-electron chi connectivity index (χ1n) is 11.4. The first-order valence-corrected chi connectivity index (χ1v) is 11.4. The number of piperidine rings is 1. The van der Waals surface area contributed by atoms with Crippen LogP contribution in [-0.2, 0) is 0 Å². The third-order valence-electron chi connectivity index (χ3n) is 6.14. The summed E-state index contributed by atoms with van der Waals surface area (Å²) in [5.74, 6) is 1.78. The van der Waals surface area contributed by atoms with Crippen LogP contribution in [0.15, 0.2) is 53.3 Å². The van der Waals surface area contributed by atoms with Crippen LogP contribution in [0.5, 0.6) is 5.75 Å². The molecule has 4 aromatic rings. The maximum Gasteiger partial charge on any atom is 0.277 e. The van der Waals surface area contributed by atoms with Crippen LogP contribution in [0.3, 0.4) is 0 Å². The van der Waals surface area contributed by atoms with Crippen LogP contribution < -0.4 is 20.9 Å². The Morgan fingerprint density at radius 2 is 1.91 bits per heavy atom.